The second-order valence-corrected chi connectivity index (χ2v) is 8.24. The van der Waals surface area contributed by atoms with Crippen molar-refractivity contribution in [2.45, 2.75) is 64.1 Å². The maximum absolute atomic E-state index is 13.1. The first kappa shape index (κ1) is 20.9. The highest BCUT2D eigenvalue weighted by molar-refractivity contribution is 5.92. The van der Waals surface area contributed by atoms with Crippen molar-refractivity contribution in [1.29, 1.82) is 0 Å². The van der Waals surface area contributed by atoms with E-state index in [0.717, 1.165) is 38.8 Å². The first-order chi connectivity index (χ1) is 13.1. The molecule has 1 saturated carbocycles. The minimum atomic E-state index is 0. The Hall–Kier alpha value is -1.85. The van der Waals surface area contributed by atoms with E-state index in [1.165, 1.54) is 11.1 Å². The van der Waals surface area contributed by atoms with Gasteiger partial charge in [-0.05, 0) is 55.3 Å². The normalized spacial score (nSPS) is 19.3. The van der Waals surface area contributed by atoms with E-state index in [9.17, 15) is 4.79 Å². The molecule has 28 heavy (non-hydrogen) atoms. The van der Waals surface area contributed by atoms with Gasteiger partial charge < -0.3 is 10.2 Å². The summed E-state index contributed by atoms with van der Waals surface area (Å²) in [6.45, 7) is 7.08. The lowest BCUT2D eigenvalue weighted by Gasteiger charge is -2.23. The quantitative estimate of drug-likeness (QED) is 0.789. The fourth-order valence-electron chi connectivity index (χ4n) is 3.82. The monoisotopic (exact) mass is 402 g/mol. The largest absolute Gasteiger partial charge is 0.330 e. The van der Waals surface area contributed by atoms with Crippen molar-refractivity contribution >= 4 is 18.3 Å². The molecule has 2 heterocycles. The number of piperidine rings is 1. The lowest BCUT2D eigenvalue weighted by atomic mass is 10.0. The summed E-state index contributed by atoms with van der Waals surface area (Å²) < 4.78 is 1.97. The van der Waals surface area contributed by atoms with Gasteiger partial charge in [-0.2, -0.15) is 5.10 Å². The second-order valence-electron chi connectivity index (χ2n) is 8.24. The fraction of sp³-hybridized carbons (Fsp3) is 0.545. The zero-order valence-corrected chi connectivity index (χ0v) is 17.6. The Bertz CT molecular complexity index is 776. The molecule has 0 spiro atoms. The van der Waals surface area contributed by atoms with Gasteiger partial charge in [0.15, 0.2) is 0 Å². The van der Waals surface area contributed by atoms with Gasteiger partial charge in [-0.1, -0.05) is 38.1 Å². The van der Waals surface area contributed by atoms with Crippen molar-refractivity contribution in [3.63, 3.8) is 0 Å². The van der Waals surface area contributed by atoms with Crippen LogP contribution in [0, 0.1) is 0 Å². The fourth-order valence-corrected chi connectivity index (χ4v) is 3.82. The summed E-state index contributed by atoms with van der Waals surface area (Å²) in [7, 11) is 0. The van der Waals surface area contributed by atoms with Crippen LogP contribution < -0.4 is 5.32 Å². The topological polar surface area (TPSA) is 50.2 Å². The van der Waals surface area contributed by atoms with Gasteiger partial charge >= 0.3 is 0 Å². The van der Waals surface area contributed by atoms with Crippen molar-refractivity contribution in [1.82, 2.24) is 20.0 Å². The van der Waals surface area contributed by atoms with Crippen LogP contribution in [-0.2, 0) is 6.54 Å². The third kappa shape index (κ3) is 4.76. The maximum Gasteiger partial charge on any atom is 0.274 e. The number of nitrogens with one attached hydrogen (secondary N) is 1. The smallest absolute Gasteiger partial charge is 0.274 e. The van der Waals surface area contributed by atoms with Gasteiger partial charge in [0.1, 0.15) is 5.69 Å². The lowest BCUT2D eigenvalue weighted by Crippen LogP contribution is -2.34. The molecule has 2 aliphatic rings. The Labute approximate surface area is 173 Å². The van der Waals surface area contributed by atoms with Crippen LogP contribution in [0.3, 0.4) is 0 Å². The van der Waals surface area contributed by atoms with Crippen LogP contribution >= 0.6 is 12.4 Å². The number of carbonyl (C=O) groups is 1. The summed E-state index contributed by atoms with van der Waals surface area (Å²) in [4.78, 5) is 15.1. The molecule has 1 saturated heterocycles. The molecule has 1 amide bonds. The van der Waals surface area contributed by atoms with Crippen LogP contribution in [0.2, 0.25) is 0 Å². The predicted molar refractivity (Wildman–Crippen MR) is 114 cm³/mol. The van der Waals surface area contributed by atoms with Crippen LogP contribution in [-0.4, -0.2) is 39.7 Å². The van der Waals surface area contributed by atoms with Crippen molar-refractivity contribution in [3.05, 3.63) is 53.3 Å². The van der Waals surface area contributed by atoms with Crippen molar-refractivity contribution < 1.29 is 4.79 Å². The van der Waals surface area contributed by atoms with Crippen LogP contribution in [0.4, 0.5) is 0 Å². The standard InChI is InChI=1S/C22H30N4O.ClH/c1-16(2)18-7-5-17(6-8-18)15-25(19-9-10-19)22(27)21-11-13-26(24-21)20-4-3-12-23-14-20;/h5-8,11,13,16,19-20,23H,3-4,9-10,12,14-15H2,1-2H3;1H. The summed E-state index contributed by atoms with van der Waals surface area (Å²) in [5.74, 6) is 0.589. The number of carbonyl (C=O) groups excluding carboxylic acids is 1. The van der Waals surface area contributed by atoms with E-state index in [1.54, 1.807) is 0 Å². The zero-order chi connectivity index (χ0) is 18.8. The molecule has 1 aliphatic heterocycles. The van der Waals surface area contributed by atoms with Gasteiger partial charge in [-0.15, -0.1) is 12.4 Å². The van der Waals surface area contributed by atoms with Gasteiger partial charge in [0.25, 0.3) is 5.91 Å². The molecule has 1 aromatic carbocycles. The first-order valence-corrected chi connectivity index (χ1v) is 10.3. The molecule has 5 nitrogen and oxygen atoms in total. The number of aromatic nitrogens is 2. The van der Waals surface area contributed by atoms with Gasteiger partial charge in [0.05, 0.1) is 6.04 Å². The average molecular weight is 403 g/mol. The van der Waals surface area contributed by atoms with Crippen LogP contribution in [0.25, 0.3) is 0 Å². The zero-order valence-electron chi connectivity index (χ0n) is 16.8. The molecule has 4 rings (SSSR count). The van der Waals surface area contributed by atoms with E-state index in [1.807, 2.05) is 21.8 Å². The molecule has 1 unspecified atom stereocenters. The molecule has 1 aliphatic carbocycles. The lowest BCUT2D eigenvalue weighted by molar-refractivity contribution is 0.0722. The van der Waals surface area contributed by atoms with Crippen LogP contribution in [0.1, 0.15) is 73.1 Å². The number of rotatable bonds is 6. The van der Waals surface area contributed by atoms with Crippen molar-refractivity contribution in [2.75, 3.05) is 13.1 Å². The van der Waals surface area contributed by atoms with E-state index in [0.29, 0.717) is 30.2 Å². The van der Waals surface area contributed by atoms with Gasteiger partial charge in [-0.3, -0.25) is 9.48 Å². The Kier molecular flexibility index (Phi) is 6.78. The minimum Gasteiger partial charge on any atom is -0.330 e. The Morgan fingerprint density at radius 1 is 1.21 bits per heavy atom. The van der Waals surface area contributed by atoms with Crippen molar-refractivity contribution in [3.8, 4) is 0 Å². The van der Waals surface area contributed by atoms with E-state index < -0.39 is 0 Å². The highest BCUT2D eigenvalue weighted by atomic mass is 35.5. The Morgan fingerprint density at radius 2 is 1.96 bits per heavy atom. The average Bonchev–Trinajstić information content (AvgIpc) is 3.42. The summed E-state index contributed by atoms with van der Waals surface area (Å²) in [6.07, 6.45) is 6.45. The molecule has 2 aromatic rings. The summed E-state index contributed by atoms with van der Waals surface area (Å²) in [5.41, 5.74) is 3.10. The van der Waals surface area contributed by atoms with Crippen LogP contribution in [0.5, 0.6) is 0 Å². The summed E-state index contributed by atoms with van der Waals surface area (Å²) in [6, 6.07) is 11.3. The molecule has 152 valence electrons. The molecular weight excluding hydrogens is 372 g/mol. The number of amides is 1. The van der Waals surface area contributed by atoms with Crippen molar-refractivity contribution in [2.24, 2.45) is 0 Å². The Morgan fingerprint density at radius 3 is 2.57 bits per heavy atom. The molecule has 0 radical (unpaired) electrons. The first-order valence-electron chi connectivity index (χ1n) is 10.3. The van der Waals surface area contributed by atoms with E-state index in [4.69, 9.17) is 0 Å². The van der Waals surface area contributed by atoms with E-state index >= 15 is 0 Å². The SMILES string of the molecule is CC(C)c1ccc(CN(C(=O)c2ccn(C3CCCNC3)n2)C2CC2)cc1.Cl. The molecular formula is C22H31ClN4O. The molecule has 2 fully saturated rings. The number of nitrogens with zero attached hydrogens (tertiary/aromatic N) is 3. The number of hydrogen-bond acceptors (Lipinski definition) is 3. The highest BCUT2D eigenvalue weighted by Crippen LogP contribution is 2.30. The molecule has 0 bridgehead atoms. The summed E-state index contributed by atoms with van der Waals surface area (Å²) in [5, 5.41) is 8.04. The molecule has 1 atom stereocenters. The number of hydrogen-bond donors (Lipinski definition) is 1. The second kappa shape index (κ2) is 9.10. The molecule has 1 aromatic heterocycles. The predicted octanol–water partition coefficient (Wildman–Crippen LogP) is 4.16. The highest BCUT2D eigenvalue weighted by Gasteiger charge is 2.34. The van der Waals surface area contributed by atoms with E-state index in [2.05, 4.69) is 48.5 Å². The van der Waals surface area contributed by atoms with Gasteiger partial charge in [0, 0.05) is 25.3 Å². The minimum absolute atomic E-state index is 0. The maximum atomic E-state index is 13.1. The molecule has 1 N–H and O–H groups in total. The van der Waals surface area contributed by atoms with Crippen LogP contribution in [0.15, 0.2) is 36.5 Å². The number of halogens is 1. The van der Waals surface area contributed by atoms with E-state index in [-0.39, 0.29) is 18.3 Å². The number of benzene rings is 1. The van der Waals surface area contributed by atoms with Gasteiger partial charge in [0.2, 0.25) is 0 Å². The molecule has 6 heteroatoms. The van der Waals surface area contributed by atoms with Gasteiger partial charge in [-0.25, -0.2) is 0 Å². The third-order valence-electron chi connectivity index (χ3n) is 5.72. The Balaban J connectivity index is 0.00000225. The third-order valence-corrected chi connectivity index (χ3v) is 5.72. The summed E-state index contributed by atoms with van der Waals surface area (Å²) >= 11 is 0.